The lowest BCUT2D eigenvalue weighted by atomic mass is 10.1. The van der Waals surface area contributed by atoms with Crippen molar-refractivity contribution in [2.45, 2.75) is 43.5 Å². The number of thioether (sulfide) groups is 1. The van der Waals surface area contributed by atoms with Gasteiger partial charge in [-0.05, 0) is 47.9 Å². The minimum Gasteiger partial charge on any atom is -0.302 e. The first-order valence-electron chi connectivity index (χ1n) is 7.31. The molecule has 108 valence electrons. The van der Waals surface area contributed by atoms with Crippen molar-refractivity contribution in [3.63, 3.8) is 0 Å². The summed E-state index contributed by atoms with van der Waals surface area (Å²) in [5.41, 5.74) is 0. The van der Waals surface area contributed by atoms with Crippen molar-refractivity contribution in [3.05, 3.63) is 44.8 Å². The molecule has 1 aliphatic carbocycles. The first kappa shape index (κ1) is 14.6. The normalized spacial score (nSPS) is 22.7. The minimum absolute atomic E-state index is 0.394. The van der Waals surface area contributed by atoms with Crippen LogP contribution in [0.15, 0.2) is 35.0 Å². The van der Waals surface area contributed by atoms with E-state index >= 15 is 0 Å². The summed E-state index contributed by atoms with van der Waals surface area (Å²) in [5, 5.41) is 9.15. The Hall–Kier alpha value is -0.290. The van der Waals surface area contributed by atoms with E-state index < -0.39 is 0 Å². The largest absolute Gasteiger partial charge is 0.302 e. The van der Waals surface area contributed by atoms with Crippen LogP contribution in [0.4, 0.5) is 0 Å². The standard InChI is InChI=1S/C16H21NS3/c1-2-18-13-8-7-12(11-13)17-16(14-5-3-9-19-14)15-6-4-10-20-15/h3-6,9-10,12-13,16-17H,2,7-8,11H2,1H3. The summed E-state index contributed by atoms with van der Waals surface area (Å²) in [6.07, 6.45) is 4.02. The third-order valence-corrected chi connectivity index (χ3v) is 6.95. The van der Waals surface area contributed by atoms with Crippen LogP contribution in [0.5, 0.6) is 0 Å². The highest BCUT2D eigenvalue weighted by molar-refractivity contribution is 7.99. The van der Waals surface area contributed by atoms with Gasteiger partial charge in [0.25, 0.3) is 0 Å². The fourth-order valence-electron chi connectivity index (χ4n) is 2.93. The van der Waals surface area contributed by atoms with Gasteiger partial charge in [-0.25, -0.2) is 0 Å². The maximum atomic E-state index is 3.92. The van der Waals surface area contributed by atoms with Gasteiger partial charge in [0.05, 0.1) is 6.04 Å². The highest BCUT2D eigenvalue weighted by atomic mass is 32.2. The van der Waals surface area contributed by atoms with Gasteiger partial charge < -0.3 is 5.32 Å². The summed E-state index contributed by atoms with van der Waals surface area (Å²) in [7, 11) is 0. The molecule has 0 aromatic carbocycles. The number of rotatable bonds is 6. The second-order valence-electron chi connectivity index (χ2n) is 5.22. The molecule has 0 spiro atoms. The van der Waals surface area contributed by atoms with Crippen LogP contribution in [-0.2, 0) is 0 Å². The Morgan fingerprint density at radius 3 is 2.45 bits per heavy atom. The van der Waals surface area contributed by atoms with Gasteiger partial charge in [-0.3, -0.25) is 0 Å². The van der Waals surface area contributed by atoms with Gasteiger partial charge >= 0.3 is 0 Å². The van der Waals surface area contributed by atoms with E-state index in [0.717, 1.165) is 5.25 Å². The summed E-state index contributed by atoms with van der Waals surface area (Å²) in [4.78, 5) is 2.89. The maximum Gasteiger partial charge on any atom is 0.0766 e. The van der Waals surface area contributed by atoms with Crippen molar-refractivity contribution < 1.29 is 0 Å². The predicted molar refractivity (Wildman–Crippen MR) is 93.2 cm³/mol. The van der Waals surface area contributed by atoms with E-state index in [2.05, 4.69) is 59.0 Å². The zero-order valence-electron chi connectivity index (χ0n) is 11.7. The van der Waals surface area contributed by atoms with Crippen LogP contribution in [0.2, 0.25) is 0 Å². The van der Waals surface area contributed by atoms with Crippen molar-refractivity contribution in [2.24, 2.45) is 0 Å². The smallest absolute Gasteiger partial charge is 0.0766 e. The van der Waals surface area contributed by atoms with Crippen molar-refractivity contribution >= 4 is 34.4 Å². The molecule has 2 unspecified atom stereocenters. The highest BCUT2D eigenvalue weighted by Crippen LogP contribution is 2.34. The molecule has 0 aliphatic heterocycles. The van der Waals surface area contributed by atoms with Crippen LogP contribution in [0.1, 0.15) is 42.0 Å². The molecule has 1 nitrogen and oxygen atoms in total. The van der Waals surface area contributed by atoms with E-state index in [1.807, 2.05) is 22.7 Å². The Morgan fingerprint density at radius 2 is 1.90 bits per heavy atom. The predicted octanol–water partition coefficient (Wildman–Crippen LogP) is 5.16. The fourth-order valence-corrected chi connectivity index (χ4v) is 5.75. The minimum atomic E-state index is 0.394. The molecule has 0 amide bonds. The van der Waals surface area contributed by atoms with Gasteiger partial charge in [-0.1, -0.05) is 19.1 Å². The molecule has 1 saturated carbocycles. The van der Waals surface area contributed by atoms with Crippen molar-refractivity contribution in [1.82, 2.24) is 5.32 Å². The molecule has 2 heterocycles. The Morgan fingerprint density at radius 1 is 1.20 bits per heavy atom. The second-order valence-corrected chi connectivity index (χ2v) is 8.75. The van der Waals surface area contributed by atoms with E-state index in [-0.39, 0.29) is 0 Å². The van der Waals surface area contributed by atoms with E-state index in [1.165, 1.54) is 34.8 Å². The average molecular weight is 324 g/mol. The molecule has 0 bridgehead atoms. The lowest BCUT2D eigenvalue weighted by molar-refractivity contribution is 0.487. The fraction of sp³-hybridized carbons (Fsp3) is 0.500. The molecular weight excluding hydrogens is 302 g/mol. The summed E-state index contributed by atoms with van der Waals surface area (Å²) in [6, 6.07) is 9.91. The lowest BCUT2D eigenvalue weighted by Gasteiger charge is -2.21. The maximum absolute atomic E-state index is 3.92. The molecule has 20 heavy (non-hydrogen) atoms. The molecule has 1 aliphatic rings. The highest BCUT2D eigenvalue weighted by Gasteiger charge is 2.28. The molecule has 4 heteroatoms. The van der Waals surface area contributed by atoms with Gasteiger partial charge in [0.2, 0.25) is 0 Å². The number of hydrogen-bond acceptors (Lipinski definition) is 4. The monoisotopic (exact) mass is 323 g/mol. The zero-order valence-corrected chi connectivity index (χ0v) is 14.2. The van der Waals surface area contributed by atoms with Crippen LogP contribution in [0.25, 0.3) is 0 Å². The molecule has 0 radical (unpaired) electrons. The Balaban J connectivity index is 1.69. The zero-order chi connectivity index (χ0) is 13.8. The van der Waals surface area contributed by atoms with E-state index in [1.54, 1.807) is 0 Å². The van der Waals surface area contributed by atoms with Crippen LogP contribution in [0.3, 0.4) is 0 Å². The number of thiophene rings is 2. The molecule has 0 saturated heterocycles. The summed E-state index contributed by atoms with van der Waals surface area (Å²) in [6.45, 7) is 2.27. The summed E-state index contributed by atoms with van der Waals surface area (Å²) >= 11 is 5.86. The summed E-state index contributed by atoms with van der Waals surface area (Å²) in [5.74, 6) is 1.25. The van der Waals surface area contributed by atoms with Gasteiger partial charge in [0.1, 0.15) is 0 Å². The second kappa shape index (κ2) is 7.12. The summed E-state index contributed by atoms with van der Waals surface area (Å²) < 4.78 is 0. The van der Waals surface area contributed by atoms with Crippen molar-refractivity contribution in [2.75, 3.05) is 5.75 Å². The third kappa shape index (κ3) is 3.48. The Labute approximate surface area is 133 Å². The van der Waals surface area contributed by atoms with Gasteiger partial charge in [-0.2, -0.15) is 11.8 Å². The van der Waals surface area contributed by atoms with Crippen LogP contribution < -0.4 is 5.32 Å². The lowest BCUT2D eigenvalue weighted by Crippen LogP contribution is -2.31. The number of nitrogens with one attached hydrogen (secondary N) is 1. The van der Waals surface area contributed by atoms with E-state index in [4.69, 9.17) is 0 Å². The van der Waals surface area contributed by atoms with Gasteiger partial charge in [0, 0.05) is 21.0 Å². The first-order valence-corrected chi connectivity index (χ1v) is 10.1. The topological polar surface area (TPSA) is 12.0 Å². The van der Waals surface area contributed by atoms with Gasteiger partial charge in [0.15, 0.2) is 0 Å². The first-order chi connectivity index (χ1) is 9.86. The Kier molecular flexibility index (Phi) is 5.21. The molecular formula is C16H21NS3. The molecule has 2 aromatic heterocycles. The third-order valence-electron chi connectivity index (χ3n) is 3.84. The van der Waals surface area contributed by atoms with Crippen molar-refractivity contribution in [3.8, 4) is 0 Å². The number of hydrogen-bond donors (Lipinski definition) is 1. The molecule has 1 N–H and O–H groups in total. The van der Waals surface area contributed by atoms with E-state index in [0.29, 0.717) is 12.1 Å². The average Bonchev–Trinajstić information content (AvgIpc) is 3.19. The molecule has 2 aromatic rings. The van der Waals surface area contributed by atoms with Crippen molar-refractivity contribution in [1.29, 1.82) is 0 Å². The van der Waals surface area contributed by atoms with E-state index in [9.17, 15) is 0 Å². The quantitative estimate of drug-likeness (QED) is 0.788. The molecule has 1 fully saturated rings. The van der Waals surface area contributed by atoms with Crippen LogP contribution in [-0.4, -0.2) is 17.0 Å². The van der Waals surface area contributed by atoms with Crippen LogP contribution >= 0.6 is 34.4 Å². The van der Waals surface area contributed by atoms with Gasteiger partial charge in [-0.15, -0.1) is 22.7 Å². The Bertz CT molecular complexity index is 458. The van der Waals surface area contributed by atoms with Crippen LogP contribution in [0, 0.1) is 0 Å². The molecule has 3 rings (SSSR count). The molecule has 2 atom stereocenters. The SMILES string of the molecule is CCSC1CCC(NC(c2cccs2)c2cccs2)C1.